The molecule has 0 saturated heterocycles. The number of anilines is 1. The van der Waals surface area contributed by atoms with Gasteiger partial charge in [-0.25, -0.2) is 0 Å². The average Bonchev–Trinajstić information content (AvgIpc) is 2.64. The maximum absolute atomic E-state index is 5.99. The molecule has 0 unspecified atom stereocenters. The summed E-state index contributed by atoms with van der Waals surface area (Å²) >= 11 is 0. The lowest BCUT2D eigenvalue weighted by molar-refractivity contribution is 0.306. The minimum absolute atomic E-state index is 0.620. The van der Waals surface area contributed by atoms with Gasteiger partial charge in [0, 0.05) is 24.8 Å². The Kier molecular flexibility index (Phi) is 8.23. The molecule has 0 amide bonds. The molecule has 2 nitrogen and oxygen atoms in total. The lowest BCUT2D eigenvalue weighted by Gasteiger charge is -2.25. The van der Waals surface area contributed by atoms with Gasteiger partial charge < -0.3 is 9.64 Å². The van der Waals surface area contributed by atoms with Crippen LogP contribution in [-0.4, -0.2) is 13.1 Å². The minimum Gasteiger partial charge on any atom is -0.489 e. The highest BCUT2D eigenvalue weighted by atomic mass is 16.5. The number of benzene rings is 2. The Morgan fingerprint density at radius 1 is 0.792 bits per heavy atom. The molecule has 0 atom stereocenters. The summed E-state index contributed by atoms with van der Waals surface area (Å²) in [5.74, 6) is 0.952. The van der Waals surface area contributed by atoms with Crippen molar-refractivity contribution >= 4 is 5.69 Å². The predicted molar refractivity (Wildman–Crippen MR) is 104 cm³/mol. The topological polar surface area (TPSA) is 12.5 Å². The zero-order valence-electron chi connectivity index (χ0n) is 15.2. The minimum atomic E-state index is 0.620. The molecule has 0 aliphatic carbocycles. The number of rotatable bonds is 11. The molecule has 0 heterocycles. The zero-order valence-corrected chi connectivity index (χ0v) is 15.2. The maximum Gasteiger partial charge on any atom is 0.121 e. The van der Waals surface area contributed by atoms with Gasteiger partial charge in [-0.1, -0.05) is 69.5 Å². The van der Waals surface area contributed by atoms with Gasteiger partial charge in [-0.3, -0.25) is 0 Å². The molecule has 0 spiro atoms. The molecule has 0 radical (unpaired) electrons. The Morgan fingerprint density at radius 2 is 1.54 bits per heavy atom. The van der Waals surface area contributed by atoms with Gasteiger partial charge in [-0.2, -0.15) is 0 Å². The largest absolute Gasteiger partial charge is 0.489 e. The van der Waals surface area contributed by atoms with Crippen LogP contribution < -0.4 is 9.64 Å². The number of unbranched alkanes of at least 4 members (excludes halogenated alkanes) is 3. The molecular formula is C22H31NO. The molecule has 2 aromatic rings. The summed E-state index contributed by atoms with van der Waals surface area (Å²) in [4.78, 5) is 2.51. The fourth-order valence-corrected chi connectivity index (χ4v) is 2.78. The van der Waals surface area contributed by atoms with Crippen LogP contribution in [0.3, 0.4) is 0 Å². The average molecular weight is 325 g/mol. The Balaban J connectivity index is 1.99. The van der Waals surface area contributed by atoms with Crippen molar-refractivity contribution in [2.24, 2.45) is 0 Å². The second kappa shape index (κ2) is 10.7. The van der Waals surface area contributed by atoms with E-state index in [9.17, 15) is 0 Å². The second-order valence-electron chi connectivity index (χ2n) is 6.32. The maximum atomic E-state index is 5.99. The number of nitrogens with zero attached hydrogens (tertiary/aromatic N) is 1. The van der Waals surface area contributed by atoms with Crippen LogP contribution in [-0.2, 0) is 6.61 Å². The van der Waals surface area contributed by atoms with Crippen LogP contribution in [0.15, 0.2) is 54.6 Å². The number of ether oxygens (including phenoxy) is 1. The van der Waals surface area contributed by atoms with Crippen molar-refractivity contribution in [3.63, 3.8) is 0 Å². The van der Waals surface area contributed by atoms with E-state index in [4.69, 9.17) is 4.74 Å². The van der Waals surface area contributed by atoms with Gasteiger partial charge in [-0.15, -0.1) is 0 Å². The summed E-state index contributed by atoms with van der Waals surface area (Å²) < 4.78 is 5.99. The van der Waals surface area contributed by atoms with Crippen molar-refractivity contribution in [1.29, 1.82) is 0 Å². The fraction of sp³-hybridized carbons (Fsp3) is 0.455. The summed E-state index contributed by atoms with van der Waals surface area (Å²) in [7, 11) is 0. The highest BCUT2D eigenvalue weighted by Crippen LogP contribution is 2.23. The Hall–Kier alpha value is -1.96. The predicted octanol–water partition coefficient (Wildman–Crippen LogP) is 6.06. The van der Waals surface area contributed by atoms with Crippen LogP contribution in [0.1, 0.15) is 51.5 Å². The van der Waals surface area contributed by atoms with Crippen molar-refractivity contribution in [3.05, 3.63) is 60.2 Å². The van der Waals surface area contributed by atoms with Crippen molar-refractivity contribution in [2.45, 2.75) is 52.6 Å². The van der Waals surface area contributed by atoms with Gasteiger partial charge >= 0.3 is 0 Å². The first-order chi connectivity index (χ1) is 11.8. The molecule has 2 aromatic carbocycles. The third-order valence-electron chi connectivity index (χ3n) is 4.24. The first-order valence-corrected chi connectivity index (χ1v) is 9.35. The van der Waals surface area contributed by atoms with Crippen LogP contribution in [0.5, 0.6) is 5.75 Å². The Labute approximate surface area is 147 Å². The van der Waals surface area contributed by atoms with E-state index in [1.807, 2.05) is 6.07 Å². The zero-order chi connectivity index (χ0) is 17.0. The van der Waals surface area contributed by atoms with Gasteiger partial charge in [-0.05, 0) is 30.5 Å². The van der Waals surface area contributed by atoms with E-state index in [-0.39, 0.29) is 0 Å². The smallest absolute Gasteiger partial charge is 0.121 e. The first kappa shape index (κ1) is 18.4. The molecule has 0 bridgehead atoms. The molecule has 0 aliphatic heterocycles. The van der Waals surface area contributed by atoms with Crippen molar-refractivity contribution in [3.8, 4) is 5.75 Å². The van der Waals surface area contributed by atoms with Gasteiger partial charge in [0.05, 0.1) is 0 Å². The molecule has 0 aliphatic rings. The quantitative estimate of drug-likeness (QED) is 0.465. The van der Waals surface area contributed by atoms with Crippen molar-refractivity contribution < 1.29 is 4.74 Å². The molecule has 24 heavy (non-hydrogen) atoms. The second-order valence-corrected chi connectivity index (χ2v) is 6.32. The SMILES string of the molecule is CCCCCN(CCCC)c1cccc(OCc2ccccc2)c1. The summed E-state index contributed by atoms with van der Waals surface area (Å²) in [5.41, 5.74) is 2.49. The van der Waals surface area contributed by atoms with Crippen molar-refractivity contribution in [1.82, 2.24) is 0 Å². The Bertz CT molecular complexity index is 567. The lowest BCUT2D eigenvalue weighted by Crippen LogP contribution is -2.25. The van der Waals surface area contributed by atoms with Gasteiger partial charge in [0.1, 0.15) is 12.4 Å². The molecule has 0 fully saturated rings. The van der Waals surface area contributed by atoms with E-state index in [2.05, 4.69) is 67.3 Å². The normalized spacial score (nSPS) is 10.6. The van der Waals surface area contributed by atoms with Gasteiger partial charge in [0.25, 0.3) is 0 Å². The van der Waals surface area contributed by atoms with Crippen molar-refractivity contribution in [2.75, 3.05) is 18.0 Å². The molecule has 2 heteroatoms. The van der Waals surface area contributed by atoms with Crippen LogP contribution in [0.4, 0.5) is 5.69 Å². The van der Waals surface area contributed by atoms with Gasteiger partial charge in [0.2, 0.25) is 0 Å². The summed E-state index contributed by atoms with van der Waals surface area (Å²) in [5, 5.41) is 0. The Morgan fingerprint density at radius 3 is 2.29 bits per heavy atom. The molecule has 0 saturated carbocycles. The lowest BCUT2D eigenvalue weighted by atomic mass is 10.2. The highest BCUT2D eigenvalue weighted by molar-refractivity contribution is 5.50. The van der Waals surface area contributed by atoms with Gasteiger partial charge in [0.15, 0.2) is 0 Å². The summed E-state index contributed by atoms with van der Waals surface area (Å²) in [6.45, 7) is 7.39. The number of hydrogen-bond acceptors (Lipinski definition) is 2. The highest BCUT2D eigenvalue weighted by Gasteiger charge is 2.07. The van der Waals surface area contributed by atoms with Crippen LogP contribution >= 0.6 is 0 Å². The van der Waals surface area contributed by atoms with E-state index in [0.29, 0.717) is 6.61 Å². The fourth-order valence-electron chi connectivity index (χ4n) is 2.78. The third kappa shape index (κ3) is 6.27. The first-order valence-electron chi connectivity index (χ1n) is 9.35. The summed E-state index contributed by atoms with van der Waals surface area (Å²) in [6, 6.07) is 18.9. The molecule has 2 rings (SSSR count). The van der Waals surface area contributed by atoms with E-state index < -0.39 is 0 Å². The van der Waals surface area contributed by atoms with E-state index in [1.165, 1.54) is 43.4 Å². The van der Waals surface area contributed by atoms with Crippen LogP contribution in [0.25, 0.3) is 0 Å². The molecule has 0 N–H and O–H groups in total. The van der Waals surface area contributed by atoms with Crippen LogP contribution in [0.2, 0.25) is 0 Å². The molecular weight excluding hydrogens is 294 g/mol. The standard InChI is InChI=1S/C22H31NO/c1-3-5-10-17-23(16-6-4-2)21-14-11-15-22(18-21)24-19-20-12-8-7-9-13-20/h7-9,11-15,18H,3-6,10,16-17,19H2,1-2H3. The third-order valence-corrected chi connectivity index (χ3v) is 4.24. The molecule has 0 aromatic heterocycles. The van der Waals surface area contributed by atoms with E-state index in [0.717, 1.165) is 18.8 Å². The van der Waals surface area contributed by atoms with E-state index in [1.54, 1.807) is 0 Å². The monoisotopic (exact) mass is 325 g/mol. The number of hydrogen-bond donors (Lipinski definition) is 0. The van der Waals surface area contributed by atoms with E-state index >= 15 is 0 Å². The summed E-state index contributed by atoms with van der Waals surface area (Å²) in [6.07, 6.45) is 6.29. The van der Waals surface area contributed by atoms with Crippen LogP contribution in [0, 0.1) is 0 Å². The molecule has 130 valence electrons.